The van der Waals surface area contributed by atoms with Crippen LogP contribution in [-0.2, 0) is 17.8 Å². The molecule has 0 radical (unpaired) electrons. The molecule has 0 bridgehead atoms. The second-order valence-electron chi connectivity index (χ2n) is 6.18. The predicted molar refractivity (Wildman–Crippen MR) is 99.3 cm³/mol. The minimum Gasteiger partial charge on any atom is -0.445 e. The molecule has 0 heterocycles. The molecule has 0 aromatic heterocycles. The summed E-state index contributed by atoms with van der Waals surface area (Å²) in [7, 11) is 0. The van der Waals surface area contributed by atoms with Gasteiger partial charge in [-0.05, 0) is 30.4 Å². The second-order valence-corrected chi connectivity index (χ2v) is 6.18. The van der Waals surface area contributed by atoms with Crippen LogP contribution in [0.3, 0.4) is 0 Å². The van der Waals surface area contributed by atoms with Crippen LogP contribution in [0.1, 0.15) is 36.8 Å². The van der Waals surface area contributed by atoms with Crippen molar-refractivity contribution < 1.29 is 14.6 Å². The molecule has 4 nitrogen and oxygen atoms in total. The van der Waals surface area contributed by atoms with Gasteiger partial charge in [-0.25, -0.2) is 4.79 Å². The SMILES string of the molecule is O=C(NCCCCCC(O)Cc1ccccc1)OCc1ccccc1. The number of hydrogen-bond acceptors (Lipinski definition) is 3. The summed E-state index contributed by atoms with van der Waals surface area (Å²) in [6.45, 7) is 0.890. The number of aliphatic hydroxyl groups excluding tert-OH is 1. The molecule has 0 aliphatic heterocycles. The number of aliphatic hydroxyl groups is 1. The third-order valence-electron chi connectivity index (χ3n) is 4.01. The first-order valence-corrected chi connectivity index (χ1v) is 8.90. The van der Waals surface area contributed by atoms with Crippen molar-refractivity contribution in [2.75, 3.05) is 6.54 Å². The van der Waals surface area contributed by atoms with Crippen LogP contribution >= 0.6 is 0 Å². The fourth-order valence-electron chi connectivity index (χ4n) is 2.63. The van der Waals surface area contributed by atoms with E-state index in [9.17, 15) is 9.90 Å². The van der Waals surface area contributed by atoms with Crippen LogP contribution in [0.2, 0.25) is 0 Å². The topological polar surface area (TPSA) is 58.6 Å². The number of unbranched alkanes of at least 4 members (excludes halogenated alkanes) is 2. The van der Waals surface area contributed by atoms with Crippen LogP contribution in [-0.4, -0.2) is 23.8 Å². The molecule has 2 rings (SSSR count). The molecular formula is C21H27NO3. The van der Waals surface area contributed by atoms with Crippen molar-refractivity contribution in [1.29, 1.82) is 0 Å². The minimum absolute atomic E-state index is 0.290. The Hall–Kier alpha value is -2.33. The number of alkyl carbamates (subject to hydrolysis) is 1. The van der Waals surface area contributed by atoms with E-state index in [1.807, 2.05) is 60.7 Å². The van der Waals surface area contributed by atoms with Crippen molar-refractivity contribution in [2.24, 2.45) is 0 Å². The van der Waals surface area contributed by atoms with E-state index in [-0.39, 0.29) is 12.2 Å². The number of carbonyl (C=O) groups excluding carboxylic acids is 1. The zero-order chi connectivity index (χ0) is 17.7. The number of hydrogen-bond donors (Lipinski definition) is 2. The first-order valence-electron chi connectivity index (χ1n) is 8.90. The molecule has 134 valence electrons. The standard InChI is InChI=1S/C21H27NO3/c23-20(16-18-10-4-1-5-11-18)14-8-3-9-15-22-21(24)25-17-19-12-6-2-7-13-19/h1-2,4-7,10-13,20,23H,3,8-9,14-17H2,(H,22,24). The Morgan fingerprint density at radius 2 is 1.56 bits per heavy atom. The number of rotatable bonds is 10. The average molecular weight is 341 g/mol. The van der Waals surface area contributed by atoms with E-state index in [2.05, 4.69) is 5.32 Å². The molecular weight excluding hydrogens is 314 g/mol. The lowest BCUT2D eigenvalue weighted by Gasteiger charge is -2.11. The van der Waals surface area contributed by atoms with Gasteiger partial charge in [-0.3, -0.25) is 0 Å². The maximum Gasteiger partial charge on any atom is 0.407 e. The van der Waals surface area contributed by atoms with E-state index in [1.54, 1.807) is 0 Å². The van der Waals surface area contributed by atoms with E-state index in [4.69, 9.17) is 4.74 Å². The summed E-state index contributed by atoms with van der Waals surface area (Å²) < 4.78 is 5.15. The highest BCUT2D eigenvalue weighted by Gasteiger charge is 2.05. The Morgan fingerprint density at radius 1 is 0.920 bits per heavy atom. The summed E-state index contributed by atoms with van der Waals surface area (Å²) in [5.41, 5.74) is 2.14. The Kier molecular flexibility index (Phi) is 8.56. The Morgan fingerprint density at radius 3 is 2.24 bits per heavy atom. The Balaban J connectivity index is 1.47. The highest BCUT2D eigenvalue weighted by molar-refractivity contribution is 5.67. The van der Waals surface area contributed by atoms with Gasteiger partial charge in [-0.1, -0.05) is 73.5 Å². The van der Waals surface area contributed by atoms with Crippen LogP contribution in [0.5, 0.6) is 0 Å². The van der Waals surface area contributed by atoms with Crippen molar-refractivity contribution >= 4 is 6.09 Å². The van der Waals surface area contributed by atoms with E-state index < -0.39 is 0 Å². The molecule has 4 heteroatoms. The van der Waals surface area contributed by atoms with Gasteiger partial charge in [0.2, 0.25) is 0 Å². The van der Waals surface area contributed by atoms with E-state index >= 15 is 0 Å². The van der Waals surface area contributed by atoms with Crippen molar-refractivity contribution in [1.82, 2.24) is 5.32 Å². The van der Waals surface area contributed by atoms with Crippen molar-refractivity contribution in [2.45, 2.75) is 44.8 Å². The average Bonchev–Trinajstić information content (AvgIpc) is 2.64. The van der Waals surface area contributed by atoms with Gasteiger partial charge >= 0.3 is 6.09 Å². The van der Waals surface area contributed by atoms with Gasteiger partial charge in [0.15, 0.2) is 0 Å². The molecule has 2 aromatic carbocycles. The number of amides is 1. The maximum atomic E-state index is 11.6. The summed E-state index contributed by atoms with van der Waals surface area (Å²) in [4.78, 5) is 11.6. The number of nitrogens with one attached hydrogen (secondary N) is 1. The molecule has 1 amide bonds. The van der Waals surface area contributed by atoms with Crippen molar-refractivity contribution in [3.63, 3.8) is 0 Å². The van der Waals surface area contributed by atoms with Gasteiger partial charge in [0.25, 0.3) is 0 Å². The molecule has 0 fully saturated rings. The minimum atomic E-state index is -0.382. The Bertz CT molecular complexity index is 601. The molecule has 25 heavy (non-hydrogen) atoms. The Labute approximate surface area is 149 Å². The summed E-state index contributed by atoms with van der Waals surface area (Å²) in [5, 5.41) is 12.8. The van der Waals surface area contributed by atoms with Crippen LogP contribution in [0, 0.1) is 0 Å². The number of carbonyl (C=O) groups is 1. The predicted octanol–water partition coefficient (Wildman–Crippen LogP) is 4.08. The molecule has 0 saturated heterocycles. The van der Waals surface area contributed by atoms with Gasteiger partial charge in [-0.2, -0.15) is 0 Å². The highest BCUT2D eigenvalue weighted by Crippen LogP contribution is 2.09. The lowest BCUT2D eigenvalue weighted by molar-refractivity contribution is 0.139. The van der Waals surface area contributed by atoms with Crippen LogP contribution < -0.4 is 5.32 Å². The van der Waals surface area contributed by atoms with Gasteiger partial charge in [0, 0.05) is 6.54 Å². The third-order valence-corrected chi connectivity index (χ3v) is 4.01. The van der Waals surface area contributed by atoms with Crippen LogP contribution in [0.15, 0.2) is 60.7 Å². The fraction of sp³-hybridized carbons (Fsp3) is 0.381. The van der Waals surface area contributed by atoms with E-state index in [0.29, 0.717) is 19.6 Å². The summed E-state index contributed by atoms with van der Waals surface area (Å²) in [5.74, 6) is 0. The lowest BCUT2D eigenvalue weighted by Crippen LogP contribution is -2.25. The van der Waals surface area contributed by atoms with Crippen molar-refractivity contribution in [3.8, 4) is 0 Å². The normalized spacial score (nSPS) is 11.7. The molecule has 0 aliphatic rings. The summed E-state index contributed by atoms with van der Waals surface area (Å²) in [6.07, 6.45) is 3.62. The van der Waals surface area contributed by atoms with Crippen LogP contribution in [0.25, 0.3) is 0 Å². The van der Waals surface area contributed by atoms with Crippen LogP contribution in [0.4, 0.5) is 4.79 Å². The largest absolute Gasteiger partial charge is 0.445 e. The third kappa shape index (κ3) is 8.36. The van der Waals surface area contributed by atoms with Gasteiger partial charge in [-0.15, -0.1) is 0 Å². The van der Waals surface area contributed by atoms with Gasteiger partial charge in [0.1, 0.15) is 6.61 Å². The first-order chi connectivity index (χ1) is 12.2. The number of benzene rings is 2. The molecule has 0 spiro atoms. The monoisotopic (exact) mass is 341 g/mol. The zero-order valence-electron chi connectivity index (χ0n) is 14.6. The molecule has 2 N–H and O–H groups in total. The van der Waals surface area contributed by atoms with Gasteiger partial charge < -0.3 is 15.2 Å². The van der Waals surface area contributed by atoms with Gasteiger partial charge in [0.05, 0.1) is 6.10 Å². The maximum absolute atomic E-state index is 11.6. The molecule has 1 atom stereocenters. The zero-order valence-corrected chi connectivity index (χ0v) is 14.6. The van der Waals surface area contributed by atoms with E-state index in [0.717, 1.165) is 36.8 Å². The van der Waals surface area contributed by atoms with E-state index in [1.165, 1.54) is 0 Å². The first kappa shape index (κ1) is 19.0. The molecule has 2 aromatic rings. The smallest absolute Gasteiger partial charge is 0.407 e. The summed E-state index contributed by atoms with van der Waals surface area (Å²) >= 11 is 0. The second kappa shape index (κ2) is 11.3. The molecule has 0 saturated carbocycles. The summed E-state index contributed by atoms with van der Waals surface area (Å²) in [6, 6.07) is 19.7. The number of ether oxygens (including phenoxy) is 1. The molecule has 1 unspecified atom stereocenters. The fourth-order valence-corrected chi connectivity index (χ4v) is 2.63. The highest BCUT2D eigenvalue weighted by atomic mass is 16.5. The quantitative estimate of drug-likeness (QED) is 0.640. The lowest BCUT2D eigenvalue weighted by atomic mass is 10.0. The molecule has 0 aliphatic carbocycles. The van der Waals surface area contributed by atoms with Crippen molar-refractivity contribution in [3.05, 3.63) is 71.8 Å².